The van der Waals surface area contributed by atoms with Crippen LogP contribution in [-0.2, 0) is 9.59 Å². The Morgan fingerprint density at radius 1 is 1.42 bits per heavy atom. The maximum absolute atomic E-state index is 10.9. The Balaban J connectivity index is 3.61. The third-order valence-electron chi connectivity index (χ3n) is 1.24. The molecule has 7 N–H and O–H groups in total. The second-order valence-corrected chi connectivity index (χ2v) is 2.35. The normalized spacial score (nSPS) is 12.2. The van der Waals surface area contributed by atoms with Crippen molar-refractivity contribution >= 4 is 11.8 Å². The standard InChI is InChI=1S/C6H14N4O2/c7-1-2-10-5(11)3-4(8)6(9)12/h4H,1-3,7-8H2,(H2,9,12)(H,10,11)/t4-/m0/s1. The van der Waals surface area contributed by atoms with Crippen LogP contribution in [0.1, 0.15) is 6.42 Å². The van der Waals surface area contributed by atoms with Gasteiger partial charge in [-0.3, -0.25) is 9.59 Å². The first kappa shape index (κ1) is 10.9. The molecule has 70 valence electrons. The van der Waals surface area contributed by atoms with E-state index in [-0.39, 0.29) is 12.3 Å². The Hall–Kier alpha value is -1.14. The van der Waals surface area contributed by atoms with E-state index in [2.05, 4.69) is 5.32 Å². The lowest BCUT2D eigenvalue weighted by molar-refractivity contribution is -0.126. The maximum Gasteiger partial charge on any atom is 0.234 e. The number of primary amides is 1. The highest BCUT2D eigenvalue weighted by Gasteiger charge is 2.13. The average Bonchev–Trinajstić information content (AvgIpc) is 2.00. The molecule has 0 fully saturated rings. The van der Waals surface area contributed by atoms with Crippen LogP contribution in [0, 0.1) is 0 Å². The minimum atomic E-state index is -0.914. The molecule has 0 aromatic heterocycles. The molecule has 1 atom stereocenters. The van der Waals surface area contributed by atoms with Gasteiger partial charge in [-0.1, -0.05) is 0 Å². The van der Waals surface area contributed by atoms with E-state index >= 15 is 0 Å². The highest BCUT2D eigenvalue weighted by Crippen LogP contribution is 1.85. The van der Waals surface area contributed by atoms with Crippen LogP contribution in [0.25, 0.3) is 0 Å². The van der Waals surface area contributed by atoms with Crippen LogP contribution in [0.2, 0.25) is 0 Å². The summed E-state index contributed by atoms with van der Waals surface area (Å²) in [5, 5.41) is 2.47. The van der Waals surface area contributed by atoms with Crippen molar-refractivity contribution in [2.45, 2.75) is 12.5 Å². The zero-order valence-corrected chi connectivity index (χ0v) is 6.75. The molecule has 0 aromatic carbocycles. The van der Waals surface area contributed by atoms with Crippen LogP contribution in [-0.4, -0.2) is 30.9 Å². The van der Waals surface area contributed by atoms with E-state index in [1.165, 1.54) is 0 Å². The van der Waals surface area contributed by atoms with Gasteiger partial charge in [-0.2, -0.15) is 0 Å². The zero-order valence-electron chi connectivity index (χ0n) is 6.75. The van der Waals surface area contributed by atoms with Crippen molar-refractivity contribution in [2.75, 3.05) is 13.1 Å². The van der Waals surface area contributed by atoms with Gasteiger partial charge in [0.2, 0.25) is 11.8 Å². The lowest BCUT2D eigenvalue weighted by atomic mass is 10.2. The summed E-state index contributed by atoms with van der Waals surface area (Å²) in [4.78, 5) is 21.3. The third kappa shape index (κ3) is 4.64. The summed E-state index contributed by atoms with van der Waals surface area (Å²) in [6, 6.07) is -0.914. The molecule has 0 aliphatic heterocycles. The number of nitrogens with two attached hydrogens (primary N) is 3. The largest absolute Gasteiger partial charge is 0.368 e. The Morgan fingerprint density at radius 2 is 2.00 bits per heavy atom. The van der Waals surface area contributed by atoms with E-state index in [1.54, 1.807) is 0 Å². The van der Waals surface area contributed by atoms with Crippen LogP contribution in [0.4, 0.5) is 0 Å². The second kappa shape index (κ2) is 5.50. The molecule has 0 rings (SSSR count). The monoisotopic (exact) mass is 174 g/mol. The van der Waals surface area contributed by atoms with Crippen LogP contribution in [0.15, 0.2) is 0 Å². The van der Waals surface area contributed by atoms with Crippen molar-refractivity contribution in [3.63, 3.8) is 0 Å². The van der Waals surface area contributed by atoms with Crippen molar-refractivity contribution < 1.29 is 9.59 Å². The van der Waals surface area contributed by atoms with Gasteiger partial charge in [0.1, 0.15) is 0 Å². The first-order valence-corrected chi connectivity index (χ1v) is 3.59. The number of carbonyl (C=O) groups is 2. The summed E-state index contributed by atoms with van der Waals surface area (Å²) in [6.45, 7) is 0.738. The summed E-state index contributed by atoms with van der Waals surface area (Å²) in [5.74, 6) is -0.996. The summed E-state index contributed by atoms with van der Waals surface area (Å²) in [6.07, 6.45) is -0.0880. The lowest BCUT2D eigenvalue weighted by Crippen LogP contribution is -2.41. The Kier molecular flexibility index (Phi) is 4.98. The minimum absolute atomic E-state index is 0.0880. The van der Waals surface area contributed by atoms with Gasteiger partial charge in [-0.05, 0) is 0 Å². The highest BCUT2D eigenvalue weighted by atomic mass is 16.2. The second-order valence-electron chi connectivity index (χ2n) is 2.35. The van der Waals surface area contributed by atoms with Gasteiger partial charge in [-0.15, -0.1) is 0 Å². The van der Waals surface area contributed by atoms with Crippen LogP contribution >= 0.6 is 0 Å². The van der Waals surface area contributed by atoms with Crippen molar-refractivity contribution in [2.24, 2.45) is 17.2 Å². The van der Waals surface area contributed by atoms with E-state index in [1.807, 2.05) is 0 Å². The van der Waals surface area contributed by atoms with Crippen LogP contribution < -0.4 is 22.5 Å². The quantitative estimate of drug-likeness (QED) is 0.361. The molecule has 6 heteroatoms. The smallest absolute Gasteiger partial charge is 0.234 e. The number of carbonyl (C=O) groups excluding carboxylic acids is 2. The molecule has 0 radical (unpaired) electrons. The molecule has 0 aliphatic carbocycles. The number of rotatable bonds is 5. The van der Waals surface area contributed by atoms with Crippen LogP contribution in [0.3, 0.4) is 0 Å². The molecule has 0 aliphatic rings. The van der Waals surface area contributed by atoms with E-state index in [4.69, 9.17) is 17.2 Å². The van der Waals surface area contributed by atoms with Crippen LogP contribution in [0.5, 0.6) is 0 Å². The van der Waals surface area contributed by atoms with Crippen molar-refractivity contribution in [3.05, 3.63) is 0 Å². The summed E-state index contributed by atoms with van der Waals surface area (Å²) in [7, 11) is 0. The molecule has 12 heavy (non-hydrogen) atoms. The van der Waals surface area contributed by atoms with Gasteiger partial charge >= 0.3 is 0 Å². The Morgan fingerprint density at radius 3 is 2.42 bits per heavy atom. The molecule has 6 nitrogen and oxygen atoms in total. The van der Waals surface area contributed by atoms with Crippen molar-refractivity contribution in [1.82, 2.24) is 5.32 Å². The first-order chi connectivity index (χ1) is 5.57. The zero-order chi connectivity index (χ0) is 9.56. The lowest BCUT2D eigenvalue weighted by Gasteiger charge is -2.06. The molecule has 0 spiro atoms. The maximum atomic E-state index is 10.9. The fraction of sp³-hybridized carbons (Fsp3) is 0.667. The molecular weight excluding hydrogens is 160 g/mol. The molecule has 0 saturated carbocycles. The Bertz CT molecular complexity index is 171. The summed E-state index contributed by atoms with van der Waals surface area (Å²) >= 11 is 0. The van der Waals surface area contributed by atoms with Crippen molar-refractivity contribution in [1.29, 1.82) is 0 Å². The predicted octanol–water partition coefficient (Wildman–Crippen LogP) is -2.74. The van der Waals surface area contributed by atoms with E-state index in [0.717, 1.165) is 0 Å². The van der Waals surface area contributed by atoms with Gasteiger partial charge in [0.05, 0.1) is 12.5 Å². The van der Waals surface area contributed by atoms with Gasteiger partial charge in [0.15, 0.2) is 0 Å². The van der Waals surface area contributed by atoms with Crippen molar-refractivity contribution in [3.8, 4) is 0 Å². The number of hydrogen-bond donors (Lipinski definition) is 4. The highest BCUT2D eigenvalue weighted by molar-refractivity contribution is 5.87. The average molecular weight is 174 g/mol. The third-order valence-corrected chi connectivity index (χ3v) is 1.24. The molecule has 0 saturated heterocycles. The molecule has 2 amide bonds. The summed E-state index contributed by atoms with van der Waals surface area (Å²) in [5.41, 5.74) is 15.2. The number of hydrogen-bond acceptors (Lipinski definition) is 4. The Labute approximate surface area is 70.5 Å². The fourth-order valence-electron chi connectivity index (χ4n) is 0.584. The molecule has 0 aromatic rings. The number of nitrogens with one attached hydrogen (secondary N) is 1. The molecule has 0 bridgehead atoms. The topological polar surface area (TPSA) is 124 Å². The van der Waals surface area contributed by atoms with Gasteiger partial charge in [0, 0.05) is 13.1 Å². The van der Waals surface area contributed by atoms with E-state index in [0.29, 0.717) is 13.1 Å². The number of amides is 2. The molecule has 0 heterocycles. The SMILES string of the molecule is NCCNC(=O)C[C@H](N)C(N)=O. The van der Waals surface area contributed by atoms with Gasteiger partial charge in [0.25, 0.3) is 0 Å². The first-order valence-electron chi connectivity index (χ1n) is 3.59. The van der Waals surface area contributed by atoms with E-state index < -0.39 is 11.9 Å². The summed E-state index contributed by atoms with van der Waals surface area (Å²) < 4.78 is 0. The van der Waals surface area contributed by atoms with Gasteiger partial charge in [-0.25, -0.2) is 0 Å². The predicted molar refractivity (Wildman–Crippen MR) is 43.9 cm³/mol. The fourth-order valence-corrected chi connectivity index (χ4v) is 0.584. The van der Waals surface area contributed by atoms with Gasteiger partial charge < -0.3 is 22.5 Å². The molecule has 0 unspecified atom stereocenters. The van der Waals surface area contributed by atoms with E-state index in [9.17, 15) is 9.59 Å². The minimum Gasteiger partial charge on any atom is -0.368 e. The molecular formula is C6H14N4O2.